The molecular weight excluding hydrogens is 450 g/mol. The maximum absolute atomic E-state index is 13.8. The lowest BCUT2D eigenvalue weighted by Gasteiger charge is -2.17. The van der Waals surface area contributed by atoms with Gasteiger partial charge in [-0.3, -0.25) is 5.10 Å². The maximum Gasteiger partial charge on any atom is 0.195 e. The Kier molecular flexibility index (Phi) is 4.71. The summed E-state index contributed by atoms with van der Waals surface area (Å²) in [5.74, 6) is 5.80. The van der Waals surface area contributed by atoms with Gasteiger partial charge in [0.1, 0.15) is 17.4 Å². The van der Waals surface area contributed by atoms with Crippen LogP contribution < -0.4 is 11.0 Å². The number of nitrogens with two attached hydrogens (primary N) is 1. The van der Waals surface area contributed by atoms with E-state index < -0.39 is 11.6 Å². The van der Waals surface area contributed by atoms with Crippen molar-refractivity contribution >= 4 is 27.6 Å². The highest BCUT2D eigenvalue weighted by Crippen LogP contribution is 2.31. The van der Waals surface area contributed by atoms with E-state index in [2.05, 4.69) is 15.3 Å². The van der Waals surface area contributed by atoms with Crippen LogP contribution in [-0.4, -0.2) is 25.2 Å². The quantitative estimate of drug-likeness (QED) is 0.239. The van der Waals surface area contributed by atoms with Crippen LogP contribution in [0.2, 0.25) is 0 Å². The van der Waals surface area contributed by atoms with Crippen molar-refractivity contribution in [2.24, 2.45) is 5.84 Å². The van der Waals surface area contributed by atoms with E-state index in [1.807, 2.05) is 36.4 Å². The Morgan fingerprint density at radius 1 is 0.800 bits per heavy atom. The van der Waals surface area contributed by atoms with Gasteiger partial charge >= 0.3 is 0 Å². The number of nitrogens with zero attached hydrogens (tertiary/aromatic N) is 4. The molecule has 7 nitrogen and oxygen atoms in total. The van der Waals surface area contributed by atoms with Crippen molar-refractivity contribution in [3.05, 3.63) is 96.7 Å². The average Bonchev–Trinajstić information content (AvgIpc) is 3.47. The lowest BCUT2D eigenvalue weighted by Crippen LogP contribution is -2.37. The Hall–Kier alpha value is -4.76. The summed E-state index contributed by atoms with van der Waals surface area (Å²) in [6.07, 6.45) is 1.66. The molecule has 0 saturated heterocycles. The first-order valence-electron chi connectivity index (χ1n) is 10.7. The third-order valence-electron chi connectivity index (χ3n) is 5.91. The molecule has 6 rings (SSSR count). The number of nitrogens with one attached hydrogen (secondary N) is 1. The van der Waals surface area contributed by atoms with Crippen molar-refractivity contribution in [1.29, 1.82) is 0 Å². The number of aromatic hydroxyl groups is 1. The second-order valence-corrected chi connectivity index (χ2v) is 8.16. The summed E-state index contributed by atoms with van der Waals surface area (Å²) in [6.45, 7) is 0. The van der Waals surface area contributed by atoms with E-state index in [-0.39, 0.29) is 5.75 Å². The summed E-state index contributed by atoms with van der Waals surface area (Å²) >= 11 is 0. The number of hydrazine groups is 1. The molecular formula is C26H18F2N6O. The van der Waals surface area contributed by atoms with Gasteiger partial charge in [-0.15, -0.1) is 0 Å². The minimum absolute atomic E-state index is 0.203. The van der Waals surface area contributed by atoms with Gasteiger partial charge in [-0.2, -0.15) is 20.1 Å². The summed E-state index contributed by atoms with van der Waals surface area (Å²) in [7, 11) is 0. The van der Waals surface area contributed by atoms with E-state index >= 15 is 0 Å². The molecule has 4 aromatic carbocycles. The number of aromatic amines is 1. The highest BCUT2D eigenvalue weighted by atomic mass is 19.1. The SMILES string of the molecule is NN(c1n[nH]c2cc(-c3ccc(O)cc3)ccc12)n1ncc2ccc(-c3cc(F)cc(F)c3)cc21. The fourth-order valence-electron chi connectivity index (χ4n) is 4.18. The van der Waals surface area contributed by atoms with Crippen LogP contribution in [0.4, 0.5) is 14.6 Å². The highest BCUT2D eigenvalue weighted by molar-refractivity contribution is 5.93. The van der Waals surface area contributed by atoms with E-state index in [0.29, 0.717) is 22.5 Å². The largest absolute Gasteiger partial charge is 0.508 e. The van der Waals surface area contributed by atoms with Crippen LogP contribution in [0.15, 0.2) is 85.1 Å². The van der Waals surface area contributed by atoms with E-state index in [1.54, 1.807) is 30.5 Å². The smallest absolute Gasteiger partial charge is 0.195 e. The molecule has 0 radical (unpaired) electrons. The Labute approximate surface area is 197 Å². The molecule has 0 spiro atoms. The first-order chi connectivity index (χ1) is 17.0. The van der Waals surface area contributed by atoms with E-state index in [4.69, 9.17) is 5.84 Å². The molecule has 9 heteroatoms. The molecule has 35 heavy (non-hydrogen) atoms. The number of anilines is 1. The molecule has 0 atom stereocenters. The van der Waals surface area contributed by atoms with Gasteiger partial charge in [0.05, 0.1) is 17.2 Å². The Morgan fingerprint density at radius 3 is 2.26 bits per heavy atom. The third kappa shape index (κ3) is 3.64. The molecule has 0 aliphatic rings. The molecule has 0 aliphatic heterocycles. The first-order valence-corrected chi connectivity index (χ1v) is 10.7. The number of aromatic nitrogens is 4. The van der Waals surface area contributed by atoms with Gasteiger partial charge in [-0.05, 0) is 64.7 Å². The summed E-state index contributed by atoms with van der Waals surface area (Å²) < 4.78 is 27.5. The van der Waals surface area contributed by atoms with Crippen molar-refractivity contribution in [2.75, 3.05) is 5.12 Å². The van der Waals surface area contributed by atoms with E-state index in [0.717, 1.165) is 33.5 Å². The van der Waals surface area contributed by atoms with Gasteiger partial charge in [-0.25, -0.2) is 14.6 Å². The lowest BCUT2D eigenvalue weighted by molar-refractivity contribution is 0.475. The van der Waals surface area contributed by atoms with Gasteiger partial charge in [0.2, 0.25) is 0 Å². The van der Waals surface area contributed by atoms with Gasteiger partial charge < -0.3 is 5.11 Å². The molecule has 172 valence electrons. The molecule has 2 heterocycles. The monoisotopic (exact) mass is 468 g/mol. The van der Waals surface area contributed by atoms with E-state index in [1.165, 1.54) is 22.0 Å². The van der Waals surface area contributed by atoms with Crippen molar-refractivity contribution in [1.82, 2.24) is 20.1 Å². The lowest BCUT2D eigenvalue weighted by atomic mass is 10.0. The van der Waals surface area contributed by atoms with Gasteiger partial charge in [0.25, 0.3) is 0 Å². The molecule has 4 N–H and O–H groups in total. The van der Waals surface area contributed by atoms with Crippen LogP contribution in [0.25, 0.3) is 44.1 Å². The van der Waals surface area contributed by atoms with Gasteiger partial charge in [0.15, 0.2) is 5.82 Å². The van der Waals surface area contributed by atoms with Gasteiger partial charge in [-0.1, -0.05) is 30.3 Å². The Morgan fingerprint density at radius 2 is 1.49 bits per heavy atom. The first kappa shape index (κ1) is 20.8. The standard InChI is InChI=1S/C26H18F2N6O/c27-20-9-19(10-21(28)13-20)17-1-2-18-14-30-34(25(18)12-17)33(29)26-23-8-5-16(11-24(23)31-32-26)15-3-6-22(35)7-4-15/h1-14,35H,29H2,(H,31,32). The zero-order valence-electron chi connectivity index (χ0n) is 18.2. The second kappa shape index (κ2) is 7.93. The second-order valence-electron chi connectivity index (χ2n) is 8.16. The molecule has 2 aromatic heterocycles. The number of halogens is 2. The molecule has 0 fully saturated rings. The predicted octanol–water partition coefficient (Wildman–Crippen LogP) is 5.37. The maximum atomic E-state index is 13.8. The average molecular weight is 468 g/mol. The predicted molar refractivity (Wildman–Crippen MR) is 130 cm³/mol. The van der Waals surface area contributed by atoms with Crippen LogP contribution in [0, 0.1) is 11.6 Å². The number of H-pyrrole nitrogens is 1. The van der Waals surface area contributed by atoms with Crippen molar-refractivity contribution in [3.8, 4) is 28.0 Å². The van der Waals surface area contributed by atoms with Gasteiger partial charge in [0, 0.05) is 16.8 Å². The summed E-state index contributed by atoms with van der Waals surface area (Å²) in [6, 6.07) is 21.5. The van der Waals surface area contributed by atoms with Crippen LogP contribution >= 0.6 is 0 Å². The van der Waals surface area contributed by atoms with Crippen LogP contribution in [0.3, 0.4) is 0 Å². The summed E-state index contributed by atoms with van der Waals surface area (Å²) in [5, 5.41) is 24.2. The minimum Gasteiger partial charge on any atom is -0.508 e. The molecule has 0 amide bonds. The Bertz CT molecular complexity index is 1690. The number of rotatable bonds is 4. The van der Waals surface area contributed by atoms with Crippen LogP contribution in [0.5, 0.6) is 5.75 Å². The number of phenolic OH excluding ortho intramolecular Hbond substituents is 1. The number of benzene rings is 4. The van der Waals surface area contributed by atoms with Crippen molar-refractivity contribution < 1.29 is 13.9 Å². The molecule has 0 unspecified atom stereocenters. The number of fused-ring (bicyclic) bond motifs is 2. The highest BCUT2D eigenvalue weighted by Gasteiger charge is 2.17. The molecule has 6 aromatic rings. The summed E-state index contributed by atoms with van der Waals surface area (Å²) in [5.41, 5.74) is 4.35. The fourth-order valence-corrected chi connectivity index (χ4v) is 4.18. The normalized spacial score (nSPS) is 11.4. The Balaban J connectivity index is 1.39. The minimum atomic E-state index is -0.649. The molecule has 0 aliphatic carbocycles. The number of phenols is 1. The van der Waals surface area contributed by atoms with Crippen molar-refractivity contribution in [3.63, 3.8) is 0 Å². The third-order valence-corrected chi connectivity index (χ3v) is 5.91. The zero-order valence-corrected chi connectivity index (χ0v) is 18.2. The number of hydrogen-bond donors (Lipinski definition) is 3. The number of hydrogen-bond acceptors (Lipinski definition) is 5. The topological polar surface area (TPSA) is 96.0 Å². The zero-order chi connectivity index (χ0) is 24.1. The van der Waals surface area contributed by atoms with E-state index in [9.17, 15) is 13.9 Å². The van der Waals surface area contributed by atoms with Crippen molar-refractivity contribution in [2.45, 2.75) is 0 Å². The molecule has 0 saturated carbocycles. The summed E-state index contributed by atoms with van der Waals surface area (Å²) in [4.78, 5) is 1.48. The van der Waals surface area contributed by atoms with Crippen LogP contribution in [0.1, 0.15) is 0 Å². The fraction of sp³-hybridized carbons (Fsp3) is 0. The van der Waals surface area contributed by atoms with Crippen LogP contribution in [-0.2, 0) is 0 Å². The molecule has 0 bridgehead atoms.